The largest absolute Gasteiger partial charge is 0.246 e. The number of hydrogen-bond donors (Lipinski definition) is 0. The predicted octanol–water partition coefficient (Wildman–Crippen LogP) is 10.3. The Kier molecular flexibility index (Phi) is 6.53. The van der Waals surface area contributed by atoms with Crippen molar-refractivity contribution >= 4 is 32.3 Å². The van der Waals surface area contributed by atoms with Gasteiger partial charge >= 0.3 is 0 Å². The standard InChI is InChI=1S/C42H24N4/c43-25-35-21-33(17-19-45-35)27-9-13-29(14-10-27)41-37-7-3-4-8-38(37)42(40-24-32-6-2-1-5-31(32)23-39(40)41)30-15-11-28(12-16-30)34-18-20-46-36(22-34)26-44/h1-24H. The van der Waals surface area contributed by atoms with Crippen LogP contribution in [0.4, 0.5) is 0 Å². The summed E-state index contributed by atoms with van der Waals surface area (Å²) in [5, 5.41) is 25.8. The number of nitriles is 2. The highest BCUT2D eigenvalue weighted by Crippen LogP contribution is 2.45. The topological polar surface area (TPSA) is 73.4 Å². The smallest absolute Gasteiger partial charge is 0.141 e. The van der Waals surface area contributed by atoms with E-state index in [4.69, 9.17) is 0 Å². The van der Waals surface area contributed by atoms with E-state index >= 15 is 0 Å². The van der Waals surface area contributed by atoms with E-state index in [9.17, 15) is 10.5 Å². The first kappa shape index (κ1) is 27.0. The van der Waals surface area contributed by atoms with Crippen LogP contribution in [0, 0.1) is 22.7 Å². The molecule has 0 aliphatic rings. The summed E-state index contributed by atoms with van der Waals surface area (Å²) < 4.78 is 0. The van der Waals surface area contributed by atoms with Gasteiger partial charge < -0.3 is 0 Å². The van der Waals surface area contributed by atoms with Gasteiger partial charge in [-0.25, -0.2) is 9.97 Å². The second-order valence-electron chi connectivity index (χ2n) is 11.3. The Balaban J connectivity index is 1.36. The summed E-state index contributed by atoms with van der Waals surface area (Å²) in [5.41, 5.74) is 9.45. The average molecular weight is 585 g/mol. The van der Waals surface area contributed by atoms with E-state index in [0.717, 1.165) is 33.4 Å². The molecule has 2 heterocycles. The van der Waals surface area contributed by atoms with E-state index in [2.05, 4.69) is 131 Å². The van der Waals surface area contributed by atoms with E-state index in [0.29, 0.717) is 11.4 Å². The fraction of sp³-hybridized carbons (Fsp3) is 0. The van der Waals surface area contributed by atoms with Crippen LogP contribution in [0.2, 0.25) is 0 Å². The second kappa shape index (κ2) is 11.1. The van der Waals surface area contributed by atoms with Gasteiger partial charge in [-0.05, 0) is 113 Å². The van der Waals surface area contributed by atoms with Crippen LogP contribution in [0.5, 0.6) is 0 Å². The lowest BCUT2D eigenvalue weighted by Gasteiger charge is -2.19. The Morgan fingerprint density at radius 2 is 0.761 bits per heavy atom. The maximum absolute atomic E-state index is 9.34. The fourth-order valence-electron chi connectivity index (χ4n) is 6.49. The van der Waals surface area contributed by atoms with Gasteiger partial charge in [0.2, 0.25) is 0 Å². The molecule has 0 radical (unpaired) electrons. The zero-order chi connectivity index (χ0) is 31.0. The molecule has 4 nitrogen and oxygen atoms in total. The first-order chi connectivity index (χ1) is 22.7. The lowest BCUT2D eigenvalue weighted by atomic mass is 9.84. The van der Waals surface area contributed by atoms with Gasteiger partial charge in [0.1, 0.15) is 23.5 Å². The molecule has 0 saturated heterocycles. The van der Waals surface area contributed by atoms with Crippen LogP contribution < -0.4 is 0 Å². The predicted molar refractivity (Wildman–Crippen MR) is 186 cm³/mol. The van der Waals surface area contributed by atoms with Crippen molar-refractivity contribution in [1.82, 2.24) is 9.97 Å². The third-order valence-electron chi connectivity index (χ3n) is 8.65. The summed E-state index contributed by atoms with van der Waals surface area (Å²) in [6, 6.07) is 50.8. The monoisotopic (exact) mass is 584 g/mol. The van der Waals surface area contributed by atoms with Crippen molar-refractivity contribution in [2.24, 2.45) is 0 Å². The molecule has 4 heteroatoms. The van der Waals surface area contributed by atoms with Crippen LogP contribution >= 0.6 is 0 Å². The second-order valence-corrected chi connectivity index (χ2v) is 11.3. The molecule has 0 atom stereocenters. The highest BCUT2D eigenvalue weighted by Gasteiger charge is 2.18. The van der Waals surface area contributed by atoms with Crippen LogP contribution in [0.15, 0.2) is 146 Å². The first-order valence-electron chi connectivity index (χ1n) is 15.0. The lowest BCUT2D eigenvalue weighted by Crippen LogP contribution is -1.92. The SMILES string of the molecule is N#Cc1cc(-c2ccc(-c3c4ccccc4c(-c4ccc(-c5ccnc(C#N)c5)cc4)c4cc5ccccc5cc34)cc2)ccn1. The maximum Gasteiger partial charge on any atom is 0.141 e. The summed E-state index contributed by atoms with van der Waals surface area (Å²) >= 11 is 0. The number of rotatable bonds is 4. The number of aromatic nitrogens is 2. The van der Waals surface area contributed by atoms with Crippen molar-refractivity contribution in [3.05, 3.63) is 157 Å². The minimum absolute atomic E-state index is 0.404. The summed E-state index contributed by atoms with van der Waals surface area (Å²) in [7, 11) is 0. The minimum atomic E-state index is 0.404. The van der Waals surface area contributed by atoms with E-state index in [1.807, 2.05) is 24.3 Å². The first-order valence-corrected chi connectivity index (χ1v) is 15.0. The van der Waals surface area contributed by atoms with Gasteiger partial charge in [-0.2, -0.15) is 10.5 Å². The Morgan fingerprint density at radius 3 is 1.17 bits per heavy atom. The molecule has 0 spiro atoms. The summed E-state index contributed by atoms with van der Waals surface area (Å²) in [5.74, 6) is 0. The molecule has 0 fully saturated rings. The Bertz CT molecular complexity index is 2360. The van der Waals surface area contributed by atoms with Gasteiger partial charge in [0.25, 0.3) is 0 Å². The number of fused-ring (bicyclic) bond motifs is 3. The van der Waals surface area contributed by atoms with Crippen molar-refractivity contribution in [2.75, 3.05) is 0 Å². The summed E-state index contributed by atoms with van der Waals surface area (Å²) in [4.78, 5) is 8.25. The molecule has 0 saturated carbocycles. The molecule has 6 aromatic carbocycles. The third-order valence-corrected chi connectivity index (χ3v) is 8.65. The fourth-order valence-corrected chi connectivity index (χ4v) is 6.49. The molecule has 0 amide bonds. The third kappa shape index (κ3) is 4.63. The molecule has 46 heavy (non-hydrogen) atoms. The Hall–Kier alpha value is -6.62. The van der Waals surface area contributed by atoms with Crippen molar-refractivity contribution in [3.8, 4) is 56.6 Å². The van der Waals surface area contributed by atoms with Gasteiger partial charge in [-0.15, -0.1) is 0 Å². The van der Waals surface area contributed by atoms with E-state index in [1.54, 1.807) is 12.4 Å². The molecule has 2 aromatic heterocycles. The molecular formula is C42H24N4. The molecule has 8 aromatic rings. The lowest BCUT2D eigenvalue weighted by molar-refractivity contribution is 1.26. The molecule has 0 bridgehead atoms. The number of pyridine rings is 2. The zero-order valence-electron chi connectivity index (χ0n) is 24.6. The van der Waals surface area contributed by atoms with Gasteiger partial charge in [0.15, 0.2) is 0 Å². The van der Waals surface area contributed by atoms with Crippen LogP contribution in [-0.2, 0) is 0 Å². The van der Waals surface area contributed by atoms with Crippen LogP contribution in [0.1, 0.15) is 11.4 Å². The normalized spacial score (nSPS) is 11.0. The van der Waals surface area contributed by atoms with Crippen molar-refractivity contribution in [1.29, 1.82) is 10.5 Å². The quantitative estimate of drug-likeness (QED) is 0.193. The van der Waals surface area contributed by atoms with E-state index in [-0.39, 0.29) is 0 Å². The van der Waals surface area contributed by atoms with Crippen molar-refractivity contribution in [3.63, 3.8) is 0 Å². The maximum atomic E-state index is 9.34. The highest BCUT2D eigenvalue weighted by molar-refractivity contribution is 6.23. The minimum Gasteiger partial charge on any atom is -0.246 e. The number of nitrogens with zero attached hydrogens (tertiary/aromatic N) is 4. The highest BCUT2D eigenvalue weighted by atomic mass is 14.7. The number of benzene rings is 6. The van der Waals surface area contributed by atoms with Crippen molar-refractivity contribution < 1.29 is 0 Å². The molecule has 0 aliphatic carbocycles. The van der Waals surface area contributed by atoms with Gasteiger partial charge in [-0.3, -0.25) is 0 Å². The Morgan fingerprint density at radius 1 is 0.370 bits per heavy atom. The van der Waals surface area contributed by atoms with Crippen LogP contribution in [0.3, 0.4) is 0 Å². The average Bonchev–Trinajstić information content (AvgIpc) is 3.13. The molecule has 0 N–H and O–H groups in total. The zero-order valence-corrected chi connectivity index (χ0v) is 24.6. The molecular weight excluding hydrogens is 560 g/mol. The Labute approximate surface area is 266 Å². The van der Waals surface area contributed by atoms with E-state index < -0.39 is 0 Å². The molecule has 212 valence electrons. The van der Waals surface area contributed by atoms with Gasteiger partial charge in [-0.1, -0.05) is 97.1 Å². The van der Waals surface area contributed by atoms with Crippen molar-refractivity contribution in [2.45, 2.75) is 0 Å². The summed E-state index contributed by atoms with van der Waals surface area (Å²) in [6.07, 6.45) is 3.36. The van der Waals surface area contributed by atoms with Gasteiger partial charge in [0.05, 0.1) is 0 Å². The van der Waals surface area contributed by atoms with Crippen LogP contribution in [-0.4, -0.2) is 9.97 Å². The molecule has 8 rings (SSSR count). The number of hydrogen-bond acceptors (Lipinski definition) is 4. The van der Waals surface area contributed by atoms with E-state index in [1.165, 1.54) is 43.4 Å². The molecule has 0 aliphatic heterocycles. The van der Waals surface area contributed by atoms with Crippen LogP contribution in [0.25, 0.3) is 76.8 Å². The van der Waals surface area contributed by atoms with Gasteiger partial charge in [0, 0.05) is 12.4 Å². The summed E-state index contributed by atoms with van der Waals surface area (Å²) in [6.45, 7) is 0. The molecule has 0 unspecified atom stereocenters.